The minimum absolute atomic E-state index is 0. The summed E-state index contributed by atoms with van der Waals surface area (Å²) in [6.45, 7) is 5.87. The van der Waals surface area contributed by atoms with Crippen molar-refractivity contribution in [3.8, 4) is 0 Å². The zero-order valence-electron chi connectivity index (χ0n) is 14.3. The van der Waals surface area contributed by atoms with Crippen molar-refractivity contribution in [3.63, 3.8) is 0 Å². The Labute approximate surface area is 157 Å². The lowest BCUT2D eigenvalue weighted by Crippen LogP contribution is -2.51. The summed E-state index contributed by atoms with van der Waals surface area (Å²) in [4.78, 5) is 17.4. The third-order valence-electron chi connectivity index (χ3n) is 5.18. The van der Waals surface area contributed by atoms with Crippen molar-refractivity contribution in [2.24, 2.45) is 5.73 Å². The van der Waals surface area contributed by atoms with E-state index in [0.29, 0.717) is 6.04 Å². The number of likely N-dealkylation sites (tertiary alicyclic amines) is 2. The fourth-order valence-corrected chi connectivity index (χ4v) is 3.74. The van der Waals surface area contributed by atoms with E-state index in [1.54, 1.807) is 0 Å². The van der Waals surface area contributed by atoms with E-state index in [1.807, 2.05) is 42.2 Å². The van der Waals surface area contributed by atoms with Gasteiger partial charge in [-0.2, -0.15) is 0 Å². The van der Waals surface area contributed by atoms with Gasteiger partial charge in [0.15, 0.2) is 0 Å². The predicted octanol–water partition coefficient (Wildman–Crippen LogP) is 2.79. The highest BCUT2D eigenvalue weighted by Crippen LogP contribution is 2.25. The van der Waals surface area contributed by atoms with E-state index in [-0.39, 0.29) is 30.7 Å². The molecular weight excluding hydrogens is 345 g/mol. The summed E-state index contributed by atoms with van der Waals surface area (Å²) in [7, 11) is 0. The molecule has 1 aromatic carbocycles. The number of rotatable bonds is 3. The maximum absolute atomic E-state index is 12.9. The summed E-state index contributed by atoms with van der Waals surface area (Å²) in [5.74, 6) is 0.0539. The van der Waals surface area contributed by atoms with E-state index >= 15 is 0 Å². The molecule has 0 aliphatic carbocycles. The number of amides is 1. The van der Waals surface area contributed by atoms with Crippen LogP contribution >= 0.6 is 24.8 Å². The minimum Gasteiger partial charge on any atom is -0.339 e. The van der Waals surface area contributed by atoms with Gasteiger partial charge in [-0.15, -0.1) is 24.8 Å². The second-order valence-electron chi connectivity index (χ2n) is 6.86. The Hall–Kier alpha value is -0.810. The number of carbonyl (C=O) groups excluding carboxylic acids is 1. The summed E-state index contributed by atoms with van der Waals surface area (Å²) in [5.41, 5.74) is 6.34. The quantitative estimate of drug-likeness (QED) is 0.885. The molecule has 6 heteroatoms. The SMILES string of the molecule is CC(N)(C(=O)N1CCC(N2CCCCC2)C1)c1ccccc1.Cl.Cl. The molecule has 136 valence electrons. The number of hydrogen-bond donors (Lipinski definition) is 1. The van der Waals surface area contributed by atoms with Crippen LogP contribution in [0.3, 0.4) is 0 Å². The lowest BCUT2D eigenvalue weighted by Gasteiger charge is -2.33. The van der Waals surface area contributed by atoms with Crippen molar-refractivity contribution in [2.45, 2.75) is 44.2 Å². The van der Waals surface area contributed by atoms with Gasteiger partial charge in [0, 0.05) is 19.1 Å². The molecule has 0 saturated carbocycles. The molecule has 1 amide bonds. The van der Waals surface area contributed by atoms with E-state index in [4.69, 9.17) is 5.73 Å². The van der Waals surface area contributed by atoms with Gasteiger partial charge in [0.25, 0.3) is 0 Å². The van der Waals surface area contributed by atoms with Gasteiger partial charge >= 0.3 is 0 Å². The lowest BCUT2D eigenvalue weighted by atomic mass is 9.92. The van der Waals surface area contributed by atoms with Crippen molar-refractivity contribution in [2.75, 3.05) is 26.2 Å². The Morgan fingerprint density at radius 1 is 1.08 bits per heavy atom. The Bertz CT molecular complexity index is 518. The number of hydrogen-bond acceptors (Lipinski definition) is 3. The summed E-state index contributed by atoms with van der Waals surface area (Å²) in [6.07, 6.45) is 5.02. The first-order chi connectivity index (χ1) is 10.6. The minimum atomic E-state index is -0.932. The van der Waals surface area contributed by atoms with Gasteiger partial charge in [-0.25, -0.2) is 0 Å². The van der Waals surface area contributed by atoms with E-state index in [9.17, 15) is 4.79 Å². The molecule has 0 aromatic heterocycles. The molecule has 3 rings (SSSR count). The van der Waals surface area contributed by atoms with Crippen LogP contribution in [0.2, 0.25) is 0 Å². The largest absolute Gasteiger partial charge is 0.339 e. The molecule has 2 atom stereocenters. The Kier molecular flexibility index (Phi) is 8.00. The monoisotopic (exact) mass is 373 g/mol. The Morgan fingerprint density at radius 3 is 2.33 bits per heavy atom. The number of piperidine rings is 1. The van der Waals surface area contributed by atoms with E-state index in [1.165, 1.54) is 32.4 Å². The van der Waals surface area contributed by atoms with E-state index in [2.05, 4.69) is 4.90 Å². The smallest absolute Gasteiger partial charge is 0.247 e. The Balaban J connectivity index is 0.00000144. The molecule has 2 unspecified atom stereocenters. The van der Waals surface area contributed by atoms with Crippen LogP contribution in [0, 0.1) is 0 Å². The summed E-state index contributed by atoms with van der Waals surface area (Å²) in [5, 5.41) is 0. The standard InChI is InChI=1S/C18H27N3O.2ClH/c1-18(19,15-8-4-2-5-9-15)17(22)21-13-10-16(14-21)20-11-6-3-7-12-20;;/h2,4-5,8-9,16H,3,6-7,10-14,19H2,1H3;2*1H. The highest BCUT2D eigenvalue weighted by atomic mass is 35.5. The molecule has 0 spiro atoms. The van der Waals surface area contributed by atoms with Crippen LogP contribution in [0.4, 0.5) is 0 Å². The van der Waals surface area contributed by atoms with Gasteiger partial charge in [0.05, 0.1) is 0 Å². The molecule has 2 aliphatic heterocycles. The normalized spacial score (nSPS) is 23.8. The van der Waals surface area contributed by atoms with Crippen LogP contribution in [0.1, 0.15) is 38.2 Å². The first kappa shape index (κ1) is 21.2. The maximum atomic E-state index is 12.9. The number of nitrogens with zero attached hydrogens (tertiary/aromatic N) is 2. The second kappa shape index (κ2) is 9.04. The van der Waals surface area contributed by atoms with Crippen LogP contribution < -0.4 is 5.73 Å². The molecule has 1 aromatic rings. The second-order valence-corrected chi connectivity index (χ2v) is 6.86. The molecular formula is C18H29Cl2N3O. The Morgan fingerprint density at radius 2 is 1.71 bits per heavy atom. The molecule has 2 aliphatic rings. The van der Waals surface area contributed by atoms with Crippen LogP contribution in [0.15, 0.2) is 30.3 Å². The van der Waals surface area contributed by atoms with Crippen LogP contribution in [-0.4, -0.2) is 47.9 Å². The molecule has 0 bridgehead atoms. The lowest BCUT2D eigenvalue weighted by molar-refractivity contribution is -0.135. The topological polar surface area (TPSA) is 49.6 Å². The first-order valence-corrected chi connectivity index (χ1v) is 8.47. The highest BCUT2D eigenvalue weighted by molar-refractivity contribution is 5.87. The van der Waals surface area contributed by atoms with Crippen molar-refractivity contribution < 1.29 is 4.79 Å². The first-order valence-electron chi connectivity index (χ1n) is 8.47. The zero-order valence-corrected chi connectivity index (χ0v) is 16.0. The average molecular weight is 374 g/mol. The van der Waals surface area contributed by atoms with Crippen molar-refractivity contribution in [1.29, 1.82) is 0 Å². The van der Waals surface area contributed by atoms with Crippen LogP contribution in [0.5, 0.6) is 0 Å². The van der Waals surface area contributed by atoms with Gasteiger partial charge in [0.2, 0.25) is 5.91 Å². The molecule has 2 fully saturated rings. The van der Waals surface area contributed by atoms with E-state index in [0.717, 1.165) is 25.1 Å². The number of carbonyl (C=O) groups is 1. The van der Waals surface area contributed by atoms with Crippen LogP contribution in [0.25, 0.3) is 0 Å². The fourth-order valence-electron chi connectivity index (χ4n) is 3.74. The maximum Gasteiger partial charge on any atom is 0.247 e. The van der Waals surface area contributed by atoms with Crippen molar-refractivity contribution >= 4 is 30.7 Å². The van der Waals surface area contributed by atoms with Crippen molar-refractivity contribution in [3.05, 3.63) is 35.9 Å². The molecule has 2 N–H and O–H groups in total. The molecule has 4 nitrogen and oxygen atoms in total. The summed E-state index contributed by atoms with van der Waals surface area (Å²) in [6, 6.07) is 10.2. The van der Waals surface area contributed by atoms with Crippen molar-refractivity contribution in [1.82, 2.24) is 9.80 Å². The van der Waals surface area contributed by atoms with Gasteiger partial charge < -0.3 is 10.6 Å². The predicted molar refractivity (Wildman–Crippen MR) is 103 cm³/mol. The highest BCUT2D eigenvalue weighted by Gasteiger charge is 2.39. The van der Waals surface area contributed by atoms with Gasteiger partial charge in [-0.05, 0) is 44.8 Å². The van der Waals surface area contributed by atoms with Crippen LogP contribution in [-0.2, 0) is 10.3 Å². The third-order valence-corrected chi connectivity index (χ3v) is 5.18. The fraction of sp³-hybridized carbons (Fsp3) is 0.611. The molecule has 2 saturated heterocycles. The third kappa shape index (κ3) is 4.42. The number of nitrogens with two attached hydrogens (primary N) is 1. The van der Waals surface area contributed by atoms with Gasteiger partial charge in [-0.3, -0.25) is 9.69 Å². The van der Waals surface area contributed by atoms with E-state index < -0.39 is 5.54 Å². The zero-order chi connectivity index (χ0) is 15.6. The summed E-state index contributed by atoms with van der Waals surface area (Å²) >= 11 is 0. The molecule has 2 heterocycles. The molecule has 0 radical (unpaired) electrons. The number of benzene rings is 1. The summed E-state index contributed by atoms with van der Waals surface area (Å²) < 4.78 is 0. The average Bonchev–Trinajstić information content (AvgIpc) is 3.05. The van der Waals surface area contributed by atoms with Gasteiger partial charge in [0.1, 0.15) is 5.54 Å². The van der Waals surface area contributed by atoms with Gasteiger partial charge in [-0.1, -0.05) is 36.8 Å². The number of halogens is 2. The molecule has 24 heavy (non-hydrogen) atoms.